The molecule has 4 rings (SSSR count). The number of halogens is 1. The lowest BCUT2D eigenvalue weighted by molar-refractivity contribution is 0.0722. The van der Waals surface area contributed by atoms with Gasteiger partial charge < -0.3 is 14.2 Å². The first-order chi connectivity index (χ1) is 13.9. The molecule has 0 radical (unpaired) electrons. The van der Waals surface area contributed by atoms with Crippen molar-refractivity contribution in [3.8, 4) is 0 Å². The van der Waals surface area contributed by atoms with Gasteiger partial charge in [-0.15, -0.1) is 0 Å². The Balaban J connectivity index is 1.89. The number of fused-ring (bicyclic) bond motifs is 2. The van der Waals surface area contributed by atoms with Gasteiger partial charge in [0.2, 0.25) is 5.76 Å². The highest BCUT2D eigenvalue weighted by Gasteiger charge is 2.42. The van der Waals surface area contributed by atoms with Crippen molar-refractivity contribution < 1.29 is 9.21 Å². The number of benzene rings is 2. The molecular weight excluding hydrogens is 388 g/mol. The van der Waals surface area contributed by atoms with Crippen LogP contribution in [0.3, 0.4) is 0 Å². The van der Waals surface area contributed by atoms with Crippen LogP contribution in [0.1, 0.15) is 39.7 Å². The third kappa shape index (κ3) is 3.56. The van der Waals surface area contributed by atoms with Gasteiger partial charge in [0.1, 0.15) is 5.58 Å². The fourth-order valence-electron chi connectivity index (χ4n) is 3.95. The van der Waals surface area contributed by atoms with Gasteiger partial charge in [-0.25, -0.2) is 0 Å². The molecule has 2 heterocycles. The van der Waals surface area contributed by atoms with E-state index in [0.29, 0.717) is 28.1 Å². The lowest BCUT2D eigenvalue weighted by Crippen LogP contribution is -2.32. The van der Waals surface area contributed by atoms with Gasteiger partial charge in [0.15, 0.2) is 5.43 Å². The fraction of sp³-hybridized carbons (Fsp3) is 0.304. The minimum absolute atomic E-state index is 0.140. The van der Waals surface area contributed by atoms with Crippen molar-refractivity contribution in [2.75, 3.05) is 27.2 Å². The summed E-state index contributed by atoms with van der Waals surface area (Å²) in [6.07, 6.45) is 0.788. The number of rotatable bonds is 5. The number of aryl methyl sites for hydroxylation is 1. The molecule has 1 aliphatic heterocycles. The molecule has 0 aliphatic carbocycles. The van der Waals surface area contributed by atoms with Gasteiger partial charge in [0, 0.05) is 11.6 Å². The number of hydrogen-bond acceptors (Lipinski definition) is 4. The quantitative estimate of drug-likeness (QED) is 0.631. The third-order valence-electron chi connectivity index (χ3n) is 5.29. The van der Waals surface area contributed by atoms with Gasteiger partial charge in [-0.2, -0.15) is 0 Å². The van der Waals surface area contributed by atoms with Crippen LogP contribution in [0.25, 0.3) is 11.0 Å². The Morgan fingerprint density at radius 2 is 1.93 bits per heavy atom. The van der Waals surface area contributed by atoms with Crippen LogP contribution in [0.5, 0.6) is 0 Å². The Labute approximate surface area is 174 Å². The average molecular weight is 411 g/mol. The number of amides is 1. The first-order valence-corrected chi connectivity index (χ1v) is 10.0. The van der Waals surface area contributed by atoms with Gasteiger partial charge in [-0.3, -0.25) is 9.59 Å². The summed E-state index contributed by atoms with van der Waals surface area (Å²) in [5, 5.41) is 1.07. The van der Waals surface area contributed by atoms with E-state index in [9.17, 15) is 9.59 Å². The van der Waals surface area contributed by atoms with Crippen LogP contribution < -0.4 is 5.43 Å². The van der Waals surface area contributed by atoms with Crippen LogP contribution >= 0.6 is 11.6 Å². The van der Waals surface area contributed by atoms with Gasteiger partial charge in [0.05, 0.1) is 17.0 Å². The highest BCUT2D eigenvalue weighted by molar-refractivity contribution is 6.30. The number of carbonyl (C=O) groups excluding carboxylic acids is 1. The summed E-state index contributed by atoms with van der Waals surface area (Å²) in [6.45, 7) is 3.29. The molecule has 0 bridgehead atoms. The Hall–Kier alpha value is -2.63. The van der Waals surface area contributed by atoms with Crippen molar-refractivity contribution in [2.24, 2.45) is 0 Å². The summed E-state index contributed by atoms with van der Waals surface area (Å²) in [6, 6.07) is 12.3. The minimum atomic E-state index is -0.500. The first-order valence-electron chi connectivity index (χ1n) is 9.65. The molecule has 0 N–H and O–H groups in total. The molecule has 5 nitrogen and oxygen atoms in total. The van der Waals surface area contributed by atoms with E-state index in [2.05, 4.69) is 4.90 Å². The molecule has 1 aromatic heterocycles. The molecular formula is C23H23ClN2O3. The Kier molecular flexibility index (Phi) is 5.19. The maximum Gasteiger partial charge on any atom is 0.290 e. The number of nitrogens with zero attached hydrogens (tertiary/aromatic N) is 2. The highest BCUT2D eigenvalue weighted by atomic mass is 35.5. The van der Waals surface area contributed by atoms with Crippen LogP contribution in [0.4, 0.5) is 0 Å². The number of hydrogen-bond donors (Lipinski definition) is 0. The maximum absolute atomic E-state index is 13.4. The first kappa shape index (κ1) is 19.7. The molecule has 2 aromatic carbocycles. The van der Waals surface area contributed by atoms with E-state index in [-0.39, 0.29) is 17.1 Å². The monoisotopic (exact) mass is 410 g/mol. The van der Waals surface area contributed by atoms with Crippen molar-refractivity contribution in [3.05, 3.63) is 80.2 Å². The van der Waals surface area contributed by atoms with Gasteiger partial charge in [-0.1, -0.05) is 35.4 Å². The second kappa shape index (κ2) is 7.65. The minimum Gasteiger partial charge on any atom is -0.450 e. The SMILES string of the molecule is Cc1ccc2oc3c(c(=O)c2c1)[C@@H](c1cccc(Cl)c1)N(CCCN(C)C)C3=O. The van der Waals surface area contributed by atoms with Crippen LogP contribution in [-0.4, -0.2) is 42.9 Å². The molecule has 0 saturated carbocycles. The van der Waals surface area contributed by atoms with Gasteiger partial charge in [-0.05, 0) is 63.8 Å². The average Bonchev–Trinajstić information content (AvgIpc) is 2.95. The summed E-state index contributed by atoms with van der Waals surface area (Å²) < 4.78 is 5.96. The van der Waals surface area contributed by atoms with Crippen LogP contribution in [0, 0.1) is 6.92 Å². The van der Waals surface area contributed by atoms with Crippen LogP contribution in [0.15, 0.2) is 51.7 Å². The molecule has 0 fully saturated rings. The second-order valence-electron chi connectivity index (χ2n) is 7.79. The van der Waals surface area contributed by atoms with E-state index in [1.54, 1.807) is 17.0 Å². The molecule has 0 saturated heterocycles. The third-order valence-corrected chi connectivity index (χ3v) is 5.53. The van der Waals surface area contributed by atoms with Crippen molar-refractivity contribution >= 4 is 28.5 Å². The zero-order chi connectivity index (χ0) is 20.7. The van der Waals surface area contributed by atoms with Crippen molar-refractivity contribution in [1.82, 2.24) is 9.80 Å². The fourth-order valence-corrected chi connectivity index (χ4v) is 4.14. The summed E-state index contributed by atoms with van der Waals surface area (Å²) in [7, 11) is 3.99. The molecule has 29 heavy (non-hydrogen) atoms. The normalized spacial score (nSPS) is 16.1. The largest absolute Gasteiger partial charge is 0.450 e. The predicted molar refractivity (Wildman–Crippen MR) is 115 cm³/mol. The molecule has 0 spiro atoms. The summed E-state index contributed by atoms with van der Waals surface area (Å²) in [5.74, 6) is -0.107. The van der Waals surface area contributed by atoms with Crippen molar-refractivity contribution in [1.29, 1.82) is 0 Å². The topological polar surface area (TPSA) is 53.8 Å². The summed E-state index contributed by atoms with van der Waals surface area (Å²) >= 11 is 6.22. The lowest BCUT2D eigenvalue weighted by atomic mass is 9.98. The second-order valence-corrected chi connectivity index (χ2v) is 8.22. The van der Waals surface area contributed by atoms with Crippen LogP contribution in [-0.2, 0) is 0 Å². The Bertz CT molecular complexity index is 1150. The maximum atomic E-state index is 13.4. The Morgan fingerprint density at radius 3 is 2.66 bits per heavy atom. The number of carbonyl (C=O) groups is 1. The van der Waals surface area contributed by atoms with E-state index in [4.69, 9.17) is 16.0 Å². The summed E-state index contributed by atoms with van der Waals surface area (Å²) in [5.41, 5.74) is 2.47. The zero-order valence-corrected chi connectivity index (χ0v) is 17.5. The molecule has 1 atom stereocenters. The van der Waals surface area contributed by atoms with Crippen molar-refractivity contribution in [3.63, 3.8) is 0 Å². The van der Waals surface area contributed by atoms with E-state index < -0.39 is 6.04 Å². The molecule has 0 unspecified atom stereocenters. The smallest absolute Gasteiger partial charge is 0.290 e. The molecule has 1 aliphatic rings. The van der Waals surface area contributed by atoms with Gasteiger partial charge >= 0.3 is 0 Å². The van der Waals surface area contributed by atoms with E-state index in [1.165, 1.54) is 0 Å². The highest BCUT2D eigenvalue weighted by Crippen LogP contribution is 2.38. The lowest BCUT2D eigenvalue weighted by Gasteiger charge is -2.25. The van der Waals surface area contributed by atoms with E-state index in [1.807, 2.05) is 51.4 Å². The molecule has 1 amide bonds. The van der Waals surface area contributed by atoms with E-state index in [0.717, 1.165) is 24.1 Å². The molecule has 6 heteroatoms. The van der Waals surface area contributed by atoms with Crippen LogP contribution in [0.2, 0.25) is 5.02 Å². The summed E-state index contributed by atoms with van der Waals surface area (Å²) in [4.78, 5) is 30.5. The molecule has 150 valence electrons. The standard InChI is InChI=1S/C23H23ClN2O3/c1-14-8-9-18-17(12-14)21(27)19-20(15-6-4-7-16(24)13-15)26(11-5-10-25(2)3)23(28)22(19)29-18/h4,6-9,12-13,20H,5,10-11H2,1-3H3/t20-/m1/s1. The van der Waals surface area contributed by atoms with Gasteiger partial charge in [0.25, 0.3) is 5.91 Å². The predicted octanol–water partition coefficient (Wildman–Crippen LogP) is 4.25. The van der Waals surface area contributed by atoms with Crippen molar-refractivity contribution in [2.45, 2.75) is 19.4 Å². The van der Waals surface area contributed by atoms with E-state index >= 15 is 0 Å². The zero-order valence-electron chi connectivity index (χ0n) is 16.7. The Morgan fingerprint density at radius 1 is 1.14 bits per heavy atom. The molecule has 3 aromatic rings.